The SMILES string of the molecule is N#C/C(=C\c1cccc(I)c1)c1nc(-c2ccc(Cl)cc2Cl)cs1. The summed E-state index contributed by atoms with van der Waals surface area (Å²) in [6.45, 7) is 0. The predicted octanol–water partition coefficient (Wildman–Crippen LogP) is 6.79. The molecule has 0 fully saturated rings. The Morgan fingerprint density at radius 3 is 2.75 bits per heavy atom. The maximum atomic E-state index is 9.48. The number of halogens is 3. The van der Waals surface area contributed by atoms with Gasteiger partial charge >= 0.3 is 0 Å². The molecular weight excluding hydrogens is 474 g/mol. The van der Waals surface area contributed by atoms with Crippen molar-refractivity contribution in [2.45, 2.75) is 0 Å². The summed E-state index contributed by atoms with van der Waals surface area (Å²) < 4.78 is 1.12. The van der Waals surface area contributed by atoms with Crippen LogP contribution in [0.1, 0.15) is 10.6 Å². The highest BCUT2D eigenvalue weighted by atomic mass is 127. The van der Waals surface area contributed by atoms with Crippen molar-refractivity contribution in [2.24, 2.45) is 0 Å². The van der Waals surface area contributed by atoms with Gasteiger partial charge in [0.15, 0.2) is 0 Å². The Labute approximate surface area is 167 Å². The normalized spacial score (nSPS) is 11.3. The number of thiazole rings is 1. The topological polar surface area (TPSA) is 36.7 Å². The van der Waals surface area contributed by atoms with Gasteiger partial charge < -0.3 is 0 Å². The van der Waals surface area contributed by atoms with Crippen molar-refractivity contribution in [1.29, 1.82) is 5.26 Å². The van der Waals surface area contributed by atoms with E-state index in [1.165, 1.54) is 11.3 Å². The lowest BCUT2D eigenvalue weighted by Gasteiger charge is -2.01. The number of rotatable bonds is 3. The van der Waals surface area contributed by atoms with Gasteiger partial charge in [-0.1, -0.05) is 35.3 Å². The first-order chi connectivity index (χ1) is 11.6. The van der Waals surface area contributed by atoms with Crippen LogP contribution in [0.2, 0.25) is 10.0 Å². The molecule has 0 aliphatic rings. The molecule has 0 N–H and O–H groups in total. The average Bonchev–Trinajstić information content (AvgIpc) is 3.02. The molecule has 0 radical (unpaired) electrons. The maximum Gasteiger partial charge on any atom is 0.134 e. The largest absolute Gasteiger partial charge is 0.235 e. The van der Waals surface area contributed by atoms with Gasteiger partial charge in [-0.15, -0.1) is 11.3 Å². The first kappa shape index (κ1) is 17.4. The van der Waals surface area contributed by atoms with E-state index in [1.807, 2.05) is 41.8 Å². The van der Waals surface area contributed by atoms with Gasteiger partial charge in [-0.05, 0) is 64.6 Å². The van der Waals surface area contributed by atoms with Crippen molar-refractivity contribution in [1.82, 2.24) is 4.98 Å². The number of nitriles is 1. The van der Waals surface area contributed by atoms with Gasteiger partial charge in [-0.3, -0.25) is 0 Å². The number of allylic oxidation sites excluding steroid dienone is 1. The lowest BCUT2D eigenvalue weighted by Crippen LogP contribution is -1.84. The summed E-state index contributed by atoms with van der Waals surface area (Å²) >= 11 is 15.8. The van der Waals surface area contributed by atoms with Gasteiger partial charge in [-0.25, -0.2) is 4.98 Å². The van der Waals surface area contributed by atoms with Gasteiger partial charge in [-0.2, -0.15) is 5.26 Å². The summed E-state index contributed by atoms with van der Waals surface area (Å²) in [6.07, 6.45) is 1.84. The second kappa shape index (κ2) is 7.66. The Morgan fingerprint density at radius 2 is 2.04 bits per heavy atom. The first-order valence-electron chi connectivity index (χ1n) is 6.85. The van der Waals surface area contributed by atoms with E-state index in [-0.39, 0.29) is 0 Å². The minimum absolute atomic E-state index is 0.526. The first-order valence-corrected chi connectivity index (χ1v) is 9.57. The molecule has 0 amide bonds. The minimum Gasteiger partial charge on any atom is -0.235 e. The fourth-order valence-electron chi connectivity index (χ4n) is 2.12. The summed E-state index contributed by atoms with van der Waals surface area (Å²) in [5.74, 6) is 0. The molecule has 6 heteroatoms. The summed E-state index contributed by atoms with van der Waals surface area (Å²) in [5, 5.41) is 13.2. The summed E-state index contributed by atoms with van der Waals surface area (Å²) in [5.41, 5.74) is 3.04. The van der Waals surface area contributed by atoms with E-state index in [0.717, 1.165) is 20.4 Å². The highest BCUT2D eigenvalue weighted by Crippen LogP contribution is 2.33. The second-order valence-electron chi connectivity index (χ2n) is 4.89. The molecule has 1 aromatic heterocycles. The molecule has 0 aliphatic carbocycles. The van der Waals surface area contributed by atoms with Crippen molar-refractivity contribution >= 4 is 68.8 Å². The van der Waals surface area contributed by atoms with Gasteiger partial charge in [0.2, 0.25) is 0 Å². The molecule has 0 unspecified atom stereocenters. The molecule has 0 saturated carbocycles. The summed E-state index contributed by atoms with van der Waals surface area (Å²) in [6, 6.07) is 15.5. The third-order valence-corrected chi connectivity index (χ3v) is 5.32. The molecule has 0 aliphatic heterocycles. The van der Waals surface area contributed by atoms with Crippen LogP contribution < -0.4 is 0 Å². The molecule has 0 spiro atoms. The van der Waals surface area contributed by atoms with E-state index in [2.05, 4.69) is 33.6 Å². The van der Waals surface area contributed by atoms with Crippen molar-refractivity contribution in [3.8, 4) is 17.3 Å². The number of hydrogen-bond donors (Lipinski definition) is 0. The molecule has 0 bridgehead atoms. The van der Waals surface area contributed by atoms with Crippen LogP contribution in [0.4, 0.5) is 0 Å². The minimum atomic E-state index is 0.526. The average molecular weight is 483 g/mol. The standard InChI is InChI=1S/C18H9Cl2IN2S/c19-13-4-5-15(16(20)8-13)17-10-24-18(23-17)12(9-22)6-11-2-1-3-14(21)7-11/h1-8,10H/b12-6+. The highest BCUT2D eigenvalue weighted by Gasteiger charge is 2.12. The molecule has 0 atom stereocenters. The lowest BCUT2D eigenvalue weighted by atomic mass is 10.1. The zero-order valence-corrected chi connectivity index (χ0v) is 16.6. The Kier molecular flexibility index (Phi) is 5.57. The van der Waals surface area contributed by atoms with Crippen molar-refractivity contribution in [3.63, 3.8) is 0 Å². The molecular formula is C18H9Cl2IN2S. The lowest BCUT2D eigenvalue weighted by molar-refractivity contribution is 1.37. The van der Waals surface area contributed by atoms with Crippen LogP contribution in [0.5, 0.6) is 0 Å². The van der Waals surface area contributed by atoms with Crippen LogP contribution in [0, 0.1) is 14.9 Å². The molecule has 3 rings (SSSR count). The summed E-state index contributed by atoms with van der Waals surface area (Å²) in [4.78, 5) is 4.56. The molecule has 24 heavy (non-hydrogen) atoms. The quantitative estimate of drug-likeness (QED) is 0.304. The van der Waals surface area contributed by atoms with Crippen LogP contribution in [0.15, 0.2) is 47.8 Å². The monoisotopic (exact) mass is 482 g/mol. The van der Waals surface area contributed by atoms with Crippen LogP contribution in [-0.2, 0) is 0 Å². The van der Waals surface area contributed by atoms with E-state index in [1.54, 1.807) is 12.1 Å². The number of benzene rings is 2. The van der Waals surface area contributed by atoms with Crippen molar-refractivity contribution in [2.75, 3.05) is 0 Å². The van der Waals surface area contributed by atoms with Gasteiger partial charge in [0, 0.05) is 19.5 Å². The molecule has 118 valence electrons. The molecule has 1 heterocycles. The van der Waals surface area contributed by atoms with E-state index < -0.39 is 0 Å². The van der Waals surface area contributed by atoms with Gasteiger partial charge in [0.1, 0.15) is 11.1 Å². The summed E-state index contributed by atoms with van der Waals surface area (Å²) in [7, 11) is 0. The second-order valence-corrected chi connectivity index (χ2v) is 7.83. The zero-order valence-electron chi connectivity index (χ0n) is 12.1. The number of nitrogens with zero attached hydrogens (tertiary/aromatic N) is 2. The number of hydrogen-bond acceptors (Lipinski definition) is 3. The van der Waals surface area contributed by atoms with E-state index in [9.17, 15) is 5.26 Å². The van der Waals surface area contributed by atoms with Crippen LogP contribution in [0.3, 0.4) is 0 Å². The third-order valence-electron chi connectivity index (χ3n) is 3.22. The van der Waals surface area contributed by atoms with Crippen molar-refractivity contribution < 1.29 is 0 Å². The fourth-order valence-corrected chi connectivity index (χ4v) is 3.98. The van der Waals surface area contributed by atoms with Gasteiger partial charge in [0.25, 0.3) is 0 Å². The maximum absolute atomic E-state index is 9.48. The number of aromatic nitrogens is 1. The predicted molar refractivity (Wildman–Crippen MR) is 110 cm³/mol. The Morgan fingerprint density at radius 1 is 1.21 bits per heavy atom. The van der Waals surface area contributed by atoms with E-state index in [4.69, 9.17) is 23.2 Å². The third kappa shape index (κ3) is 3.98. The van der Waals surface area contributed by atoms with Gasteiger partial charge in [0.05, 0.1) is 16.3 Å². The molecule has 3 aromatic rings. The highest BCUT2D eigenvalue weighted by molar-refractivity contribution is 14.1. The van der Waals surface area contributed by atoms with Crippen LogP contribution >= 0.6 is 57.1 Å². The smallest absolute Gasteiger partial charge is 0.134 e. The van der Waals surface area contributed by atoms with Crippen LogP contribution in [-0.4, -0.2) is 4.98 Å². The zero-order chi connectivity index (χ0) is 17.1. The molecule has 2 aromatic carbocycles. The Hall–Kier alpha value is -1.39. The van der Waals surface area contributed by atoms with E-state index >= 15 is 0 Å². The molecule has 2 nitrogen and oxygen atoms in total. The Bertz CT molecular complexity index is 973. The van der Waals surface area contributed by atoms with Crippen molar-refractivity contribution in [3.05, 3.63) is 72.0 Å². The fraction of sp³-hybridized carbons (Fsp3) is 0. The van der Waals surface area contributed by atoms with E-state index in [0.29, 0.717) is 20.6 Å². The Balaban J connectivity index is 1.98. The molecule has 0 saturated heterocycles. The van der Waals surface area contributed by atoms with Crippen LogP contribution in [0.25, 0.3) is 22.9 Å².